The predicted molar refractivity (Wildman–Crippen MR) is 123 cm³/mol. The number of rotatable bonds is 6. The SMILES string of the molecule is [2H]C([2H])([2H])C([2H])([2H])n1c(C(=O)N(C2CC2)C2CC2)cc2c3c(ncn3C)c(Nc3cc(C)n(C)n3)nc21. The van der Waals surface area contributed by atoms with Gasteiger partial charge in [-0.3, -0.25) is 9.48 Å². The minimum absolute atomic E-state index is 0.0178. The predicted octanol–water partition coefficient (Wildman–Crippen LogP) is 3.50. The first kappa shape index (κ1) is 14.7. The summed E-state index contributed by atoms with van der Waals surface area (Å²) in [6, 6.07) is 3.63. The maximum Gasteiger partial charge on any atom is 0.271 e. The van der Waals surface area contributed by atoms with Crippen LogP contribution in [0.15, 0.2) is 18.5 Å². The molecule has 0 aliphatic heterocycles. The number of carbonyl (C=O) groups is 1. The molecule has 2 aliphatic carbocycles. The first-order valence-corrected chi connectivity index (χ1v) is 10.9. The molecule has 1 N–H and O–H groups in total. The van der Waals surface area contributed by atoms with Crippen LogP contribution in [0, 0.1) is 6.92 Å². The molecule has 9 heteroatoms. The minimum Gasteiger partial charge on any atom is -0.333 e. The van der Waals surface area contributed by atoms with Gasteiger partial charge in [0.25, 0.3) is 5.91 Å². The summed E-state index contributed by atoms with van der Waals surface area (Å²) in [7, 11) is 3.61. The second kappa shape index (κ2) is 6.82. The van der Waals surface area contributed by atoms with Crippen LogP contribution in [-0.2, 0) is 20.6 Å². The number of carbonyl (C=O) groups excluding carboxylic acids is 1. The summed E-state index contributed by atoms with van der Waals surface area (Å²) in [4.78, 5) is 24.9. The Morgan fingerprint density at radius 2 is 2.03 bits per heavy atom. The van der Waals surface area contributed by atoms with E-state index in [9.17, 15) is 4.79 Å². The standard InChI is InChI=1S/C23H28N8O/c1-5-30-17(23(32)31(14-6-7-14)15-8-9-15)11-16-20-19(24-12-28(20)3)21(26-22(16)30)25-18-10-13(2)29(4)27-18/h10-12,14-15H,5-9H2,1-4H3,(H,25,26,27)/i1D3,5D2. The van der Waals surface area contributed by atoms with E-state index in [2.05, 4.69) is 20.4 Å². The monoisotopic (exact) mass is 437 g/mol. The summed E-state index contributed by atoms with van der Waals surface area (Å²) in [5.74, 6) is 0.448. The molecule has 0 aromatic carbocycles. The molecule has 2 aliphatic rings. The molecule has 32 heavy (non-hydrogen) atoms. The normalized spacial score (nSPS) is 19.4. The number of imidazole rings is 1. The second-order valence-electron chi connectivity index (χ2n) is 8.82. The third kappa shape index (κ3) is 2.91. The van der Waals surface area contributed by atoms with E-state index in [0.717, 1.165) is 35.9 Å². The van der Waals surface area contributed by atoms with Crippen LogP contribution in [0.1, 0.15) is 55.6 Å². The number of aromatic nitrogens is 6. The summed E-state index contributed by atoms with van der Waals surface area (Å²) >= 11 is 0. The quantitative estimate of drug-likeness (QED) is 0.499. The van der Waals surface area contributed by atoms with Crippen LogP contribution in [0.2, 0.25) is 0 Å². The molecule has 0 unspecified atom stereocenters. The molecule has 4 aromatic rings. The van der Waals surface area contributed by atoms with E-state index >= 15 is 0 Å². The number of nitrogens with one attached hydrogen (secondary N) is 1. The third-order valence-corrected chi connectivity index (χ3v) is 6.42. The molecule has 0 saturated heterocycles. The molecule has 9 nitrogen and oxygen atoms in total. The minimum atomic E-state index is -3.05. The van der Waals surface area contributed by atoms with Crippen molar-refractivity contribution in [2.75, 3.05) is 5.32 Å². The number of fused-ring (bicyclic) bond motifs is 3. The van der Waals surface area contributed by atoms with E-state index < -0.39 is 13.3 Å². The van der Waals surface area contributed by atoms with E-state index in [1.165, 1.54) is 0 Å². The lowest BCUT2D eigenvalue weighted by atomic mass is 10.2. The highest BCUT2D eigenvalue weighted by Gasteiger charge is 2.43. The molecule has 6 rings (SSSR count). The van der Waals surface area contributed by atoms with Crippen LogP contribution in [0.5, 0.6) is 0 Å². The largest absolute Gasteiger partial charge is 0.333 e. The number of hydrogen-bond acceptors (Lipinski definition) is 5. The average molecular weight is 438 g/mol. The zero-order chi connectivity index (χ0) is 26.4. The number of hydrogen-bond donors (Lipinski definition) is 1. The lowest BCUT2D eigenvalue weighted by Crippen LogP contribution is -2.36. The molecule has 2 saturated carbocycles. The summed E-state index contributed by atoms with van der Waals surface area (Å²) in [5.41, 5.74) is 2.07. The number of amides is 1. The molecule has 2 fully saturated rings. The van der Waals surface area contributed by atoms with E-state index in [-0.39, 0.29) is 29.3 Å². The smallest absolute Gasteiger partial charge is 0.271 e. The van der Waals surface area contributed by atoms with Crippen LogP contribution >= 0.6 is 0 Å². The van der Waals surface area contributed by atoms with Gasteiger partial charge in [0.1, 0.15) is 16.9 Å². The third-order valence-electron chi connectivity index (χ3n) is 6.42. The summed E-state index contributed by atoms with van der Waals surface area (Å²) in [6.07, 6.45) is 5.21. The van der Waals surface area contributed by atoms with Gasteiger partial charge in [-0.05, 0) is 45.5 Å². The van der Waals surface area contributed by atoms with Gasteiger partial charge in [-0.25, -0.2) is 9.97 Å². The van der Waals surface area contributed by atoms with Crippen molar-refractivity contribution < 1.29 is 11.6 Å². The van der Waals surface area contributed by atoms with Crippen molar-refractivity contribution in [2.24, 2.45) is 14.1 Å². The van der Waals surface area contributed by atoms with Crippen molar-refractivity contribution in [3.8, 4) is 0 Å². The molecule has 1 amide bonds. The fraction of sp³-hybridized carbons (Fsp3) is 0.478. The number of nitrogens with zero attached hydrogens (tertiary/aromatic N) is 7. The van der Waals surface area contributed by atoms with Crippen LogP contribution in [0.4, 0.5) is 11.6 Å². The van der Waals surface area contributed by atoms with Crippen molar-refractivity contribution >= 4 is 39.6 Å². The van der Waals surface area contributed by atoms with Crippen LogP contribution < -0.4 is 5.32 Å². The van der Waals surface area contributed by atoms with Gasteiger partial charge in [-0.1, -0.05) is 0 Å². The van der Waals surface area contributed by atoms with Gasteiger partial charge in [-0.15, -0.1) is 0 Å². The van der Waals surface area contributed by atoms with Crippen molar-refractivity contribution in [1.29, 1.82) is 0 Å². The molecule has 4 aromatic heterocycles. The summed E-state index contributed by atoms with van der Waals surface area (Å²) < 4.78 is 45.8. The highest BCUT2D eigenvalue weighted by atomic mass is 16.2. The first-order valence-electron chi connectivity index (χ1n) is 13.4. The topological polar surface area (TPSA) is 85.8 Å². The van der Waals surface area contributed by atoms with E-state index in [1.807, 2.05) is 24.9 Å². The van der Waals surface area contributed by atoms with Gasteiger partial charge >= 0.3 is 0 Å². The molecule has 166 valence electrons. The summed E-state index contributed by atoms with van der Waals surface area (Å²) in [5, 5.41) is 8.04. The van der Waals surface area contributed by atoms with Gasteiger partial charge < -0.3 is 19.4 Å². The van der Waals surface area contributed by atoms with E-state index in [4.69, 9.17) is 6.85 Å². The van der Waals surface area contributed by atoms with Crippen molar-refractivity contribution in [1.82, 2.24) is 33.8 Å². The Bertz CT molecular complexity index is 1530. The fourth-order valence-electron chi connectivity index (χ4n) is 4.43. The number of aryl methyl sites for hydroxylation is 4. The van der Waals surface area contributed by atoms with Crippen molar-refractivity contribution in [2.45, 2.75) is 58.0 Å². The van der Waals surface area contributed by atoms with Crippen LogP contribution in [0.25, 0.3) is 22.1 Å². The lowest BCUT2D eigenvalue weighted by molar-refractivity contribution is 0.0719. The highest BCUT2D eigenvalue weighted by molar-refractivity contribution is 6.10. The summed E-state index contributed by atoms with van der Waals surface area (Å²) in [6.45, 7) is -4.03. The highest BCUT2D eigenvalue weighted by Crippen LogP contribution is 2.39. The fourth-order valence-corrected chi connectivity index (χ4v) is 4.43. The average Bonchev–Trinajstić information content (AvgIpc) is 3.72. The second-order valence-corrected chi connectivity index (χ2v) is 8.82. The van der Waals surface area contributed by atoms with Crippen LogP contribution in [-0.4, -0.2) is 51.8 Å². The zero-order valence-corrected chi connectivity index (χ0v) is 18.3. The Morgan fingerprint density at radius 3 is 2.66 bits per heavy atom. The van der Waals surface area contributed by atoms with Gasteiger partial charge in [0.15, 0.2) is 11.6 Å². The molecule has 4 heterocycles. The van der Waals surface area contributed by atoms with Gasteiger partial charge in [0.05, 0.1) is 11.8 Å². The molecular formula is C23H28N8O. The van der Waals surface area contributed by atoms with Crippen molar-refractivity contribution in [3.63, 3.8) is 0 Å². The molecule has 0 spiro atoms. The Kier molecular flexibility index (Phi) is 3.12. The maximum absolute atomic E-state index is 13.9. The maximum atomic E-state index is 13.9. The zero-order valence-electron chi connectivity index (χ0n) is 23.3. The Hall–Kier alpha value is -3.36. The van der Waals surface area contributed by atoms with Gasteiger partial charge in [0, 0.05) is 56.7 Å². The molecule has 0 radical (unpaired) electrons. The molecular weight excluding hydrogens is 404 g/mol. The van der Waals surface area contributed by atoms with E-state index in [0.29, 0.717) is 28.1 Å². The van der Waals surface area contributed by atoms with Crippen LogP contribution in [0.3, 0.4) is 0 Å². The first-order chi connectivity index (χ1) is 17.4. The van der Waals surface area contributed by atoms with Crippen molar-refractivity contribution in [3.05, 3.63) is 29.8 Å². The number of anilines is 2. The lowest BCUT2D eigenvalue weighted by Gasteiger charge is -2.22. The van der Waals surface area contributed by atoms with E-state index in [1.54, 1.807) is 28.7 Å². The Balaban J connectivity index is 1.62. The Labute approximate surface area is 193 Å². The Morgan fingerprint density at radius 1 is 1.28 bits per heavy atom. The number of pyridine rings is 1. The van der Waals surface area contributed by atoms with Gasteiger partial charge in [-0.2, -0.15) is 5.10 Å². The molecule has 0 bridgehead atoms. The van der Waals surface area contributed by atoms with Gasteiger partial charge in [0.2, 0.25) is 0 Å². The molecule has 0 atom stereocenters.